The standard InChI is InChI=1S/C12H8Br3FS/c1-6-2-3-9(16)7(4-6)11(14)8-5-10(13)17-12(8)15/h2-5,11H,1H3. The number of alkyl halides is 1. The Kier molecular flexibility index (Phi) is 4.45. The molecule has 0 fully saturated rings. The lowest BCUT2D eigenvalue weighted by molar-refractivity contribution is 0.613. The average molecular weight is 443 g/mol. The molecule has 0 spiro atoms. The first-order valence-electron chi connectivity index (χ1n) is 4.84. The Hall–Kier alpha value is 0.290. The smallest absolute Gasteiger partial charge is 0.127 e. The van der Waals surface area contributed by atoms with Crippen molar-refractivity contribution in [1.82, 2.24) is 0 Å². The molecular formula is C12H8Br3FS. The fraction of sp³-hybridized carbons (Fsp3) is 0.167. The van der Waals surface area contributed by atoms with E-state index in [-0.39, 0.29) is 10.6 Å². The number of hydrogen-bond donors (Lipinski definition) is 0. The highest BCUT2D eigenvalue weighted by Crippen LogP contribution is 2.42. The van der Waals surface area contributed by atoms with Crippen LogP contribution in [0.25, 0.3) is 0 Å². The Morgan fingerprint density at radius 3 is 2.47 bits per heavy atom. The molecule has 0 saturated carbocycles. The summed E-state index contributed by atoms with van der Waals surface area (Å²) < 4.78 is 15.8. The van der Waals surface area contributed by atoms with E-state index >= 15 is 0 Å². The van der Waals surface area contributed by atoms with Crippen molar-refractivity contribution < 1.29 is 4.39 Å². The molecule has 0 aliphatic carbocycles. The maximum absolute atomic E-state index is 13.8. The van der Waals surface area contributed by atoms with Crippen molar-refractivity contribution in [3.05, 3.63) is 54.3 Å². The maximum Gasteiger partial charge on any atom is 0.127 e. The van der Waals surface area contributed by atoms with E-state index in [1.165, 1.54) is 6.07 Å². The van der Waals surface area contributed by atoms with Gasteiger partial charge in [-0.2, -0.15) is 0 Å². The summed E-state index contributed by atoms with van der Waals surface area (Å²) in [7, 11) is 0. The fourth-order valence-corrected chi connectivity index (χ4v) is 5.62. The van der Waals surface area contributed by atoms with E-state index in [2.05, 4.69) is 47.8 Å². The Bertz CT molecular complexity index is 551. The summed E-state index contributed by atoms with van der Waals surface area (Å²) in [6.07, 6.45) is 0. The molecule has 0 saturated heterocycles. The monoisotopic (exact) mass is 440 g/mol. The predicted molar refractivity (Wildman–Crippen MR) is 81.6 cm³/mol. The van der Waals surface area contributed by atoms with Crippen LogP contribution in [0.4, 0.5) is 4.39 Å². The second-order valence-corrected chi connectivity index (χ2v) is 8.33. The zero-order valence-electron chi connectivity index (χ0n) is 8.81. The van der Waals surface area contributed by atoms with Crippen LogP contribution in [-0.4, -0.2) is 0 Å². The minimum atomic E-state index is -0.188. The Morgan fingerprint density at radius 1 is 1.18 bits per heavy atom. The van der Waals surface area contributed by atoms with Crippen LogP contribution in [0.5, 0.6) is 0 Å². The molecular weight excluding hydrogens is 435 g/mol. The largest absolute Gasteiger partial charge is 0.207 e. The minimum absolute atomic E-state index is 0.140. The second kappa shape index (κ2) is 5.51. The lowest BCUT2D eigenvalue weighted by Crippen LogP contribution is -1.96. The molecule has 0 bridgehead atoms. The van der Waals surface area contributed by atoms with E-state index in [1.807, 2.05) is 19.1 Å². The van der Waals surface area contributed by atoms with Crippen molar-refractivity contribution in [3.8, 4) is 0 Å². The van der Waals surface area contributed by atoms with Crippen molar-refractivity contribution >= 4 is 59.1 Å². The van der Waals surface area contributed by atoms with Gasteiger partial charge in [0.2, 0.25) is 0 Å². The summed E-state index contributed by atoms with van der Waals surface area (Å²) >= 11 is 12.1. The molecule has 0 aliphatic rings. The van der Waals surface area contributed by atoms with E-state index in [4.69, 9.17) is 0 Å². The number of benzene rings is 1. The van der Waals surface area contributed by atoms with Gasteiger partial charge in [-0.1, -0.05) is 33.6 Å². The van der Waals surface area contributed by atoms with Crippen LogP contribution < -0.4 is 0 Å². The van der Waals surface area contributed by atoms with Crippen LogP contribution in [0.15, 0.2) is 31.8 Å². The molecule has 2 aromatic rings. The van der Waals surface area contributed by atoms with E-state index in [0.717, 1.165) is 18.7 Å². The van der Waals surface area contributed by atoms with Gasteiger partial charge in [-0.15, -0.1) is 11.3 Å². The highest BCUT2D eigenvalue weighted by atomic mass is 79.9. The fourth-order valence-electron chi connectivity index (χ4n) is 1.55. The first kappa shape index (κ1) is 13.7. The highest BCUT2D eigenvalue weighted by molar-refractivity contribution is 9.12. The van der Waals surface area contributed by atoms with Crippen LogP contribution >= 0.6 is 59.1 Å². The molecule has 1 unspecified atom stereocenters. The van der Waals surface area contributed by atoms with Crippen molar-refractivity contribution in [1.29, 1.82) is 0 Å². The molecule has 0 radical (unpaired) electrons. The van der Waals surface area contributed by atoms with Crippen molar-refractivity contribution in [2.45, 2.75) is 11.8 Å². The number of hydrogen-bond acceptors (Lipinski definition) is 1. The summed E-state index contributed by atoms with van der Waals surface area (Å²) in [5, 5.41) is 0. The van der Waals surface area contributed by atoms with Gasteiger partial charge in [0.15, 0.2) is 0 Å². The molecule has 1 aromatic heterocycles. The normalized spacial score (nSPS) is 12.8. The van der Waals surface area contributed by atoms with Crippen LogP contribution in [0.3, 0.4) is 0 Å². The molecule has 0 N–H and O–H groups in total. The molecule has 1 heterocycles. The van der Waals surface area contributed by atoms with Gasteiger partial charge < -0.3 is 0 Å². The number of halogens is 4. The van der Waals surface area contributed by atoms with Crippen molar-refractivity contribution in [3.63, 3.8) is 0 Å². The third-order valence-corrected chi connectivity index (χ3v) is 5.75. The van der Waals surface area contributed by atoms with E-state index in [1.54, 1.807) is 17.4 Å². The van der Waals surface area contributed by atoms with Crippen LogP contribution in [0.2, 0.25) is 0 Å². The van der Waals surface area contributed by atoms with E-state index in [9.17, 15) is 4.39 Å². The van der Waals surface area contributed by atoms with Gasteiger partial charge in [0.25, 0.3) is 0 Å². The third kappa shape index (κ3) is 3.00. The van der Waals surface area contributed by atoms with Crippen LogP contribution in [-0.2, 0) is 0 Å². The number of rotatable bonds is 2. The number of thiophene rings is 1. The third-order valence-electron chi connectivity index (χ3n) is 2.38. The predicted octanol–water partition coefficient (Wildman–Crippen LogP) is 6.20. The average Bonchev–Trinajstić information content (AvgIpc) is 2.60. The second-order valence-electron chi connectivity index (χ2n) is 3.67. The molecule has 1 aromatic carbocycles. The molecule has 0 nitrogen and oxygen atoms in total. The zero-order valence-corrected chi connectivity index (χ0v) is 14.4. The molecule has 1 atom stereocenters. The summed E-state index contributed by atoms with van der Waals surface area (Å²) in [6, 6.07) is 7.15. The van der Waals surface area contributed by atoms with Gasteiger partial charge in [-0.05, 0) is 56.5 Å². The van der Waals surface area contributed by atoms with Gasteiger partial charge in [-0.25, -0.2) is 4.39 Å². The van der Waals surface area contributed by atoms with Gasteiger partial charge in [0.1, 0.15) is 5.82 Å². The molecule has 90 valence electrons. The van der Waals surface area contributed by atoms with Crippen molar-refractivity contribution in [2.75, 3.05) is 0 Å². The molecule has 0 aliphatic heterocycles. The van der Waals surface area contributed by atoms with Crippen LogP contribution in [0, 0.1) is 12.7 Å². The van der Waals surface area contributed by atoms with Gasteiger partial charge in [-0.3, -0.25) is 0 Å². The van der Waals surface area contributed by atoms with Gasteiger partial charge >= 0.3 is 0 Å². The summed E-state index contributed by atoms with van der Waals surface area (Å²) in [4.78, 5) is -0.140. The lowest BCUT2D eigenvalue weighted by atomic mass is 10.0. The Morgan fingerprint density at radius 2 is 1.88 bits per heavy atom. The van der Waals surface area contributed by atoms with Crippen LogP contribution in [0.1, 0.15) is 21.5 Å². The Balaban J connectivity index is 2.46. The highest BCUT2D eigenvalue weighted by Gasteiger charge is 2.19. The van der Waals surface area contributed by atoms with Gasteiger partial charge in [0.05, 0.1) is 12.4 Å². The zero-order chi connectivity index (χ0) is 12.6. The molecule has 5 heteroatoms. The first-order chi connectivity index (χ1) is 7.99. The Labute approximate surface area is 129 Å². The van der Waals surface area contributed by atoms with Gasteiger partial charge in [0, 0.05) is 5.56 Å². The van der Waals surface area contributed by atoms with E-state index < -0.39 is 0 Å². The number of aryl methyl sites for hydroxylation is 1. The molecule has 2 rings (SSSR count). The SMILES string of the molecule is Cc1ccc(F)c(C(Br)c2cc(Br)sc2Br)c1. The maximum atomic E-state index is 13.8. The lowest BCUT2D eigenvalue weighted by Gasteiger charge is -2.11. The summed E-state index contributed by atoms with van der Waals surface area (Å²) in [6.45, 7) is 1.96. The molecule has 0 amide bonds. The quantitative estimate of drug-likeness (QED) is 0.485. The summed E-state index contributed by atoms with van der Waals surface area (Å²) in [5.74, 6) is -0.188. The summed E-state index contributed by atoms with van der Waals surface area (Å²) in [5.41, 5.74) is 2.75. The van der Waals surface area contributed by atoms with Crippen molar-refractivity contribution in [2.24, 2.45) is 0 Å². The molecule has 17 heavy (non-hydrogen) atoms. The topological polar surface area (TPSA) is 0 Å². The minimum Gasteiger partial charge on any atom is -0.207 e. The first-order valence-corrected chi connectivity index (χ1v) is 8.15. The van der Waals surface area contributed by atoms with E-state index in [0.29, 0.717) is 5.56 Å².